The Morgan fingerprint density at radius 2 is 2.00 bits per heavy atom. The van der Waals surface area contributed by atoms with Crippen molar-refractivity contribution < 1.29 is 14.3 Å². The molecule has 3 atom stereocenters. The third-order valence-corrected chi connectivity index (χ3v) is 5.28. The SMILES string of the molecule is COc1cc(C(C)NC(=O)[C@H]2CCN[C@@H](C)C2)ccc1OCc1ccccc1. The third-order valence-electron chi connectivity index (χ3n) is 5.28. The van der Waals surface area contributed by atoms with E-state index in [2.05, 4.69) is 17.6 Å². The van der Waals surface area contributed by atoms with Crippen LogP contribution >= 0.6 is 0 Å². The van der Waals surface area contributed by atoms with E-state index in [1.165, 1.54) is 0 Å². The van der Waals surface area contributed by atoms with Crippen LogP contribution < -0.4 is 20.1 Å². The summed E-state index contributed by atoms with van der Waals surface area (Å²) in [5.41, 5.74) is 2.10. The molecule has 3 rings (SSSR count). The van der Waals surface area contributed by atoms with Crippen molar-refractivity contribution in [3.8, 4) is 11.5 Å². The summed E-state index contributed by atoms with van der Waals surface area (Å²) in [6.45, 7) is 5.51. The molecule has 1 fully saturated rings. The van der Waals surface area contributed by atoms with Crippen molar-refractivity contribution in [2.45, 2.75) is 45.4 Å². The summed E-state index contributed by atoms with van der Waals surface area (Å²) < 4.78 is 11.4. The fourth-order valence-corrected chi connectivity index (χ4v) is 3.59. The van der Waals surface area contributed by atoms with Crippen LogP contribution in [0.5, 0.6) is 11.5 Å². The molecule has 1 amide bonds. The Kier molecular flexibility index (Phi) is 6.93. The van der Waals surface area contributed by atoms with Crippen LogP contribution in [0.2, 0.25) is 0 Å². The number of hydrogen-bond donors (Lipinski definition) is 2. The van der Waals surface area contributed by atoms with E-state index in [4.69, 9.17) is 9.47 Å². The van der Waals surface area contributed by atoms with Gasteiger partial charge >= 0.3 is 0 Å². The quantitative estimate of drug-likeness (QED) is 0.764. The molecule has 2 aromatic rings. The molecular weight excluding hydrogens is 352 g/mol. The third kappa shape index (κ3) is 5.26. The molecule has 0 aliphatic carbocycles. The number of ether oxygens (including phenoxy) is 2. The molecule has 1 unspecified atom stereocenters. The van der Waals surface area contributed by atoms with Gasteiger partial charge in [0.15, 0.2) is 11.5 Å². The molecule has 1 aliphatic rings. The van der Waals surface area contributed by atoms with Gasteiger partial charge in [-0.3, -0.25) is 4.79 Å². The number of nitrogens with one attached hydrogen (secondary N) is 2. The first-order valence-electron chi connectivity index (χ1n) is 9.95. The van der Waals surface area contributed by atoms with E-state index in [0.29, 0.717) is 24.1 Å². The molecule has 2 aromatic carbocycles. The van der Waals surface area contributed by atoms with Crippen molar-refractivity contribution in [3.05, 3.63) is 59.7 Å². The Bertz CT molecular complexity index is 779. The van der Waals surface area contributed by atoms with E-state index >= 15 is 0 Å². The maximum Gasteiger partial charge on any atom is 0.223 e. The molecule has 28 heavy (non-hydrogen) atoms. The van der Waals surface area contributed by atoms with Crippen LogP contribution in [-0.4, -0.2) is 25.6 Å². The Balaban J connectivity index is 1.62. The molecule has 0 aromatic heterocycles. The number of piperidine rings is 1. The monoisotopic (exact) mass is 382 g/mol. The van der Waals surface area contributed by atoms with Gasteiger partial charge in [-0.1, -0.05) is 36.4 Å². The molecule has 1 heterocycles. The van der Waals surface area contributed by atoms with Crippen LogP contribution in [-0.2, 0) is 11.4 Å². The van der Waals surface area contributed by atoms with E-state index in [0.717, 1.165) is 30.5 Å². The minimum Gasteiger partial charge on any atom is -0.493 e. The lowest BCUT2D eigenvalue weighted by Crippen LogP contribution is -2.42. The Labute approximate surface area is 167 Å². The summed E-state index contributed by atoms with van der Waals surface area (Å²) in [6.07, 6.45) is 1.77. The number of methoxy groups -OCH3 is 1. The number of benzene rings is 2. The van der Waals surface area contributed by atoms with Gasteiger partial charge in [-0.25, -0.2) is 0 Å². The van der Waals surface area contributed by atoms with Crippen LogP contribution in [0.1, 0.15) is 43.9 Å². The van der Waals surface area contributed by atoms with Crippen molar-refractivity contribution in [1.82, 2.24) is 10.6 Å². The summed E-state index contributed by atoms with van der Waals surface area (Å²) in [5, 5.41) is 6.54. The van der Waals surface area contributed by atoms with Gasteiger partial charge in [0, 0.05) is 12.0 Å². The van der Waals surface area contributed by atoms with Gasteiger partial charge in [-0.15, -0.1) is 0 Å². The first-order chi connectivity index (χ1) is 13.6. The van der Waals surface area contributed by atoms with Crippen molar-refractivity contribution in [2.24, 2.45) is 5.92 Å². The lowest BCUT2D eigenvalue weighted by atomic mass is 9.92. The molecule has 2 N–H and O–H groups in total. The Morgan fingerprint density at radius 1 is 1.21 bits per heavy atom. The topological polar surface area (TPSA) is 59.6 Å². The lowest BCUT2D eigenvalue weighted by molar-refractivity contribution is -0.126. The van der Waals surface area contributed by atoms with Gasteiger partial charge in [0.2, 0.25) is 5.91 Å². The van der Waals surface area contributed by atoms with Crippen molar-refractivity contribution in [3.63, 3.8) is 0 Å². The number of carbonyl (C=O) groups excluding carboxylic acids is 1. The minimum atomic E-state index is -0.0882. The molecule has 150 valence electrons. The average Bonchev–Trinajstić information content (AvgIpc) is 2.72. The minimum absolute atomic E-state index is 0.0778. The largest absolute Gasteiger partial charge is 0.493 e. The highest BCUT2D eigenvalue weighted by molar-refractivity contribution is 5.79. The number of rotatable bonds is 7. The van der Waals surface area contributed by atoms with Gasteiger partial charge < -0.3 is 20.1 Å². The lowest BCUT2D eigenvalue weighted by Gasteiger charge is -2.28. The van der Waals surface area contributed by atoms with Gasteiger partial charge in [-0.2, -0.15) is 0 Å². The maximum absolute atomic E-state index is 12.6. The maximum atomic E-state index is 12.6. The van der Waals surface area contributed by atoms with Gasteiger partial charge in [0.25, 0.3) is 0 Å². The number of amides is 1. The highest BCUT2D eigenvalue weighted by Crippen LogP contribution is 2.31. The van der Waals surface area contributed by atoms with Crippen LogP contribution in [0.3, 0.4) is 0 Å². The predicted molar refractivity (Wildman–Crippen MR) is 111 cm³/mol. The van der Waals surface area contributed by atoms with E-state index in [9.17, 15) is 4.79 Å². The highest BCUT2D eigenvalue weighted by Gasteiger charge is 2.26. The summed E-state index contributed by atoms with van der Waals surface area (Å²) in [7, 11) is 1.63. The molecule has 5 nitrogen and oxygen atoms in total. The Morgan fingerprint density at radius 3 is 2.71 bits per heavy atom. The molecule has 0 radical (unpaired) electrons. The van der Waals surface area contributed by atoms with E-state index in [1.807, 2.05) is 55.5 Å². The molecule has 0 saturated carbocycles. The first-order valence-corrected chi connectivity index (χ1v) is 9.95. The summed E-state index contributed by atoms with van der Waals surface area (Å²) in [6, 6.07) is 16.2. The number of hydrogen-bond acceptors (Lipinski definition) is 4. The second kappa shape index (κ2) is 9.60. The van der Waals surface area contributed by atoms with Crippen molar-refractivity contribution >= 4 is 5.91 Å². The van der Waals surface area contributed by atoms with E-state index in [1.54, 1.807) is 7.11 Å². The van der Waals surface area contributed by atoms with Crippen molar-refractivity contribution in [2.75, 3.05) is 13.7 Å². The smallest absolute Gasteiger partial charge is 0.223 e. The predicted octanol–water partition coefficient (Wildman–Crippen LogP) is 3.84. The molecule has 1 aliphatic heterocycles. The molecule has 5 heteroatoms. The van der Waals surface area contributed by atoms with Gasteiger partial charge in [0.05, 0.1) is 13.2 Å². The first kappa shape index (κ1) is 20.2. The summed E-state index contributed by atoms with van der Waals surface area (Å²) in [4.78, 5) is 12.6. The second-order valence-corrected chi connectivity index (χ2v) is 7.49. The van der Waals surface area contributed by atoms with Crippen molar-refractivity contribution in [1.29, 1.82) is 0 Å². The fourth-order valence-electron chi connectivity index (χ4n) is 3.59. The number of carbonyl (C=O) groups is 1. The highest BCUT2D eigenvalue weighted by atomic mass is 16.5. The zero-order valence-electron chi connectivity index (χ0n) is 16.9. The molecule has 0 spiro atoms. The van der Waals surface area contributed by atoms with Crippen LogP contribution in [0.4, 0.5) is 0 Å². The molecule has 0 bridgehead atoms. The standard InChI is InChI=1S/C23H30N2O3/c1-16-13-20(11-12-24-16)23(26)25-17(2)19-9-10-21(22(14-19)27-3)28-15-18-7-5-4-6-8-18/h4-10,14,16-17,20,24H,11-13,15H2,1-3H3,(H,25,26)/t16-,17?,20-/m0/s1. The summed E-state index contributed by atoms with van der Waals surface area (Å²) >= 11 is 0. The zero-order valence-corrected chi connectivity index (χ0v) is 16.9. The summed E-state index contributed by atoms with van der Waals surface area (Å²) in [5.74, 6) is 1.57. The van der Waals surface area contributed by atoms with Gasteiger partial charge in [-0.05, 0) is 56.5 Å². The van der Waals surface area contributed by atoms with Gasteiger partial charge in [0.1, 0.15) is 6.61 Å². The molecular formula is C23H30N2O3. The molecule has 1 saturated heterocycles. The average molecular weight is 383 g/mol. The van der Waals surface area contributed by atoms with Crippen LogP contribution in [0.25, 0.3) is 0 Å². The van der Waals surface area contributed by atoms with Crippen LogP contribution in [0.15, 0.2) is 48.5 Å². The second-order valence-electron chi connectivity index (χ2n) is 7.49. The zero-order chi connectivity index (χ0) is 19.9. The normalized spacial score (nSPS) is 20.2. The van der Waals surface area contributed by atoms with E-state index in [-0.39, 0.29) is 17.9 Å². The van der Waals surface area contributed by atoms with E-state index < -0.39 is 0 Å². The Hall–Kier alpha value is -2.53. The van der Waals surface area contributed by atoms with Crippen LogP contribution in [0, 0.1) is 5.92 Å². The fraction of sp³-hybridized carbons (Fsp3) is 0.435.